The van der Waals surface area contributed by atoms with E-state index in [0.717, 1.165) is 61.6 Å². The van der Waals surface area contributed by atoms with Crippen LogP contribution in [0, 0.1) is 62.1 Å². The van der Waals surface area contributed by atoms with Gasteiger partial charge in [0, 0.05) is 30.3 Å². The van der Waals surface area contributed by atoms with E-state index in [1.54, 1.807) is 7.11 Å². The van der Waals surface area contributed by atoms with Crippen LogP contribution in [0.15, 0.2) is 103 Å². The highest BCUT2D eigenvalue weighted by atomic mass is 16.8. The van der Waals surface area contributed by atoms with Gasteiger partial charge in [0.2, 0.25) is 6.29 Å². The van der Waals surface area contributed by atoms with Crippen LogP contribution in [-0.2, 0) is 86.3 Å². The second-order valence-corrected chi connectivity index (χ2v) is 30.8. The van der Waals surface area contributed by atoms with E-state index in [4.69, 9.17) is 70.4 Å². The van der Waals surface area contributed by atoms with Gasteiger partial charge in [-0.2, -0.15) is 0 Å². The summed E-state index contributed by atoms with van der Waals surface area (Å²) in [4.78, 5) is 29.6. The molecule has 4 aliphatic heterocycles. The number of methoxy groups -OCH3 is 1. The van der Waals surface area contributed by atoms with Crippen LogP contribution in [0.5, 0.6) is 0 Å². The molecule has 90 heavy (non-hydrogen) atoms. The van der Waals surface area contributed by atoms with Gasteiger partial charge in [0.25, 0.3) is 0 Å². The standard InChI is InChI=1S/C74H102BNO14/c1-44-30-32-70(8)54(71(44,9)43-77)31-33-72(10)55(70)29-28-50-51-36-68(4,5)34-35-74(51,56(79-12)37-73(50,72)11)67(78)88-65-59(45(2)58(76)52(85-65)41-80-38-47-22-16-13-17-23-47)86-66-63-62(89-69(6,7)90-63)60(46(3)84-66)87-64-57(75)61(82-40-49-26-20-15-21-27-49)53(42-83-64)81-39-48-24-18-14-19-25-48/h13-28,43-46,51-66H,29-42,76H2,1-12H3/t44-,45?,46+,51?,52-,53?,54+,55?,56-,57?,58?,59?,60?,61?,62?,63?,64-,65-,66-,70?,71-,72+,73+,74?/m0/s1. The molecule has 4 saturated carbocycles. The minimum atomic E-state index is -1.24. The van der Waals surface area contributed by atoms with Crippen molar-refractivity contribution in [3.05, 3.63) is 119 Å². The van der Waals surface area contributed by atoms with Crippen molar-refractivity contribution in [3.8, 4) is 0 Å². The topological polar surface area (TPSA) is 171 Å². The molecule has 3 aromatic rings. The number of carbonyl (C=O) groups excluding carboxylic acids is 2. The normalized spacial score (nSPS) is 44.3. The molecule has 0 aromatic heterocycles. The molecule has 0 amide bonds. The van der Waals surface area contributed by atoms with Crippen LogP contribution < -0.4 is 5.73 Å². The summed E-state index contributed by atoms with van der Waals surface area (Å²) < 4.78 is 81.6. The van der Waals surface area contributed by atoms with E-state index in [1.165, 1.54) is 11.9 Å². The van der Waals surface area contributed by atoms with Crippen LogP contribution in [0.2, 0.25) is 5.82 Å². The Bertz CT molecular complexity index is 2990. The number of aldehydes is 1. The minimum Gasteiger partial charge on any atom is -0.432 e. The predicted octanol–water partition coefficient (Wildman–Crippen LogP) is 12.2. The molecule has 2 N–H and O–H groups in total. The summed E-state index contributed by atoms with van der Waals surface area (Å²) >= 11 is 0. The minimum absolute atomic E-state index is 0.0184. The van der Waals surface area contributed by atoms with Crippen LogP contribution >= 0.6 is 0 Å². The van der Waals surface area contributed by atoms with E-state index in [0.29, 0.717) is 50.4 Å². The number of esters is 1. The second-order valence-electron chi connectivity index (χ2n) is 30.8. The molecule has 490 valence electrons. The molecule has 9 aliphatic rings. The van der Waals surface area contributed by atoms with Crippen molar-refractivity contribution in [2.24, 2.45) is 67.8 Å². The Hall–Kier alpha value is -3.88. The van der Waals surface area contributed by atoms with Crippen molar-refractivity contribution in [1.82, 2.24) is 0 Å². The van der Waals surface area contributed by atoms with E-state index in [2.05, 4.69) is 54.5 Å². The summed E-state index contributed by atoms with van der Waals surface area (Å²) in [5.41, 5.74) is 9.74. The third kappa shape index (κ3) is 11.9. The highest BCUT2D eigenvalue weighted by Gasteiger charge is 2.72. The fraction of sp³-hybridized carbons (Fsp3) is 0.703. The van der Waals surface area contributed by atoms with Gasteiger partial charge in [-0.05, 0) is 141 Å². The molecule has 24 atom stereocenters. The molecule has 0 bridgehead atoms. The first-order valence-electron chi connectivity index (χ1n) is 33.8. The van der Waals surface area contributed by atoms with Gasteiger partial charge < -0.3 is 67.4 Å². The smallest absolute Gasteiger partial charge is 0.317 e. The highest BCUT2D eigenvalue weighted by molar-refractivity contribution is 6.12. The lowest BCUT2D eigenvalue weighted by Gasteiger charge is -2.71. The van der Waals surface area contributed by atoms with Crippen molar-refractivity contribution in [1.29, 1.82) is 0 Å². The molecule has 4 heterocycles. The Morgan fingerprint density at radius 1 is 0.700 bits per heavy atom. The molecule has 2 radical (unpaired) electrons. The zero-order valence-corrected chi connectivity index (χ0v) is 55.6. The van der Waals surface area contributed by atoms with Crippen molar-refractivity contribution in [2.45, 2.75) is 245 Å². The lowest BCUT2D eigenvalue weighted by Crippen LogP contribution is -2.68. The van der Waals surface area contributed by atoms with Crippen LogP contribution in [0.1, 0.15) is 151 Å². The molecule has 13 unspecified atom stereocenters. The quantitative estimate of drug-likeness (QED) is 0.0552. The third-order valence-electron chi connectivity index (χ3n) is 24.7. The van der Waals surface area contributed by atoms with E-state index in [-0.39, 0.29) is 52.2 Å². The molecular weight excluding hydrogens is 1140 g/mol. The molecule has 12 rings (SSSR count). The number of allylic oxidation sites excluding steroid dienone is 2. The molecule has 15 nitrogen and oxygen atoms in total. The SMILES string of the molecule is [B]C1C(OCc2ccccc2)C(OCc2ccccc2)CO[C@H]1OC1C2OC(C)(C)OC2[C@H](OC2C(C)C(N)[C@H](COCc3ccccc3)O[C@H]2OC(=O)C23CCC(C)(C)CC2C2=CCC4C5(C)CC[C@H](C)[C@](C)(C=O)[C@@H]5CC[C@@]4(C)[C@]2(C)C[C@@H]3OC)O[C@@H]1C. The lowest BCUT2D eigenvalue weighted by molar-refractivity contribution is -0.350. The number of fused-ring (bicyclic) bond motifs is 8. The molecule has 3 aromatic carbocycles. The molecule has 4 saturated heterocycles. The van der Waals surface area contributed by atoms with E-state index in [1.807, 2.05) is 119 Å². The van der Waals surface area contributed by atoms with Crippen LogP contribution in [-0.4, -0.2) is 126 Å². The van der Waals surface area contributed by atoms with Crippen molar-refractivity contribution >= 4 is 20.1 Å². The fourth-order valence-electron chi connectivity index (χ4n) is 19.1. The van der Waals surface area contributed by atoms with Gasteiger partial charge in [0.1, 0.15) is 48.3 Å². The number of carbonyl (C=O) groups is 2. The van der Waals surface area contributed by atoms with Gasteiger partial charge in [-0.25, -0.2) is 0 Å². The van der Waals surface area contributed by atoms with Gasteiger partial charge >= 0.3 is 5.97 Å². The number of ether oxygens (including phenoxy) is 12. The maximum absolute atomic E-state index is 16.4. The maximum atomic E-state index is 16.4. The molecule has 8 fully saturated rings. The largest absolute Gasteiger partial charge is 0.432 e. The van der Waals surface area contributed by atoms with E-state index in [9.17, 15) is 4.79 Å². The van der Waals surface area contributed by atoms with Gasteiger partial charge in [-0.15, -0.1) is 0 Å². The summed E-state index contributed by atoms with van der Waals surface area (Å²) in [6.45, 7) is 25.7. The first-order chi connectivity index (χ1) is 42.9. The Kier molecular flexibility index (Phi) is 18.9. The molecular formula is C74H102BNO14. The van der Waals surface area contributed by atoms with E-state index >= 15 is 4.79 Å². The van der Waals surface area contributed by atoms with Crippen molar-refractivity contribution in [3.63, 3.8) is 0 Å². The Labute approximate surface area is 536 Å². The maximum Gasteiger partial charge on any atom is 0.317 e. The average Bonchev–Trinajstić information content (AvgIpc) is 0.859. The van der Waals surface area contributed by atoms with Gasteiger partial charge in [0.15, 0.2) is 18.4 Å². The Morgan fingerprint density at radius 3 is 1.99 bits per heavy atom. The average molecular weight is 1240 g/mol. The zero-order valence-electron chi connectivity index (χ0n) is 55.6. The van der Waals surface area contributed by atoms with Crippen LogP contribution in [0.25, 0.3) is 0 Å². The third-order valence-corrected chi connectivity index (χ3v) is 24.7. The Balaban J connectivity index is 0.823. The fourth-order valence-corrected chi connectivity index (χ4v) is 19.1. The van der Waals surface area contributed by atoms with Gasteiger partial charge in [-0.3, -0.25) is 4.79 Å². The number of hydrogen-bond acceptors (Lipinski definition) is 15. The van der Waals surface area contributed by atoms with E-state index < -0.39 is 103 Å². The number of hydrogen-bond donors (Lipinski definition) is 1. The molecule has 5 aliphatic carbocycles. The summed E-state index contributed by atoms with van der Waals surface area (Å²) in [6.07, 6.45) is 2.37. The monoisotopic (exact) mass is 1240 g/mol. The zero-order chi connectivity index (χ0) is 63.8. The molecule has 16 heteroatoms. The second kappa shape index (κ2) is 25.7. The first kappa shape index (κ1) is 66.2. The summed E-state index contributed by atoms with van der Waals surface area (Å²) in [5.74, 6) is -1.85. The lowest BCUT2D eigenvalue weighted by atomic mass is 9.33. The summed E-state index contributed by atoms with van der Waals surface area (Å²) in [5, 5.41) is 0. The van der Waals surface area contributed by atoms with Gasteiger partial charge in [-0.1, -0.05) is 158 Å². The predicted molar refractivity (Wildman–Crippen MR) is 340 cm³/mol. The summed E-state index contributed by atoms with van der Waals surface area (Å²) in [6, 6.07) is 29.3. The molecule has 0 spiro atoms. The number of rotatable bonds is 18. The van der Waals surface area contributed by atoms with Crippen LogP contribution in [0.3, 0.4) is 0 Å². The summed E-state index contributed by atoms with van der Waals surface area (Å²) in [7, 11) is 8.93. The van der Waals surface area contributed by atoms with Crippen molar-refractivity contribution in [2.75, 3.05) is 20.3 Å². The van der Waals surface area contributed by atoms with Crippen molar-refractivity contribution < 1.29 is 66.4 Å². The Morgan fingerprint density at radius 2 is 1.33 bits per heavy atom. The number of benzene rings is 3. The van der Waals surface area contributed by atoms with Crippen LogP contribution in [0.4, 0.5) is 0 Å². The highest BCUT2D eigenvalue weighted by Crippen LogP contribution is 2.76. The first-order valence-corrected chi connectivity index (χ1v) is 33.8. The van der Waals surface area contributed by atoms with Gasteiger partial charge in [0.05, 0.1) is 59.2 Å². The number of nitrogens with two attached hydrogens (primary N) is 1.